The van der Waals surface area contributed by atoms with Gasteiger partial charge in [0.1, 0.15) is 0 Å². The molecule has 1 aliphatic carbocycles. The fourth-order valence-corrected chi connectivity index (χ4v) is 2.54. The van der Waals surface area contributed by atoms with Gasteiger partial charge in [0.15, 0.2) is 0 Å². The summed E-state index contributed by atoms with van der Waals surface area (Å²) < 4.78 is 5.17. The Labute approximate surface area is 72.9 Å². The van der Waals surface area contributed by atoms with E-state index in [-0.39, 0.29) is 0 Å². The zero-order valence-electron chi connectivity index (χ0n) is 7.07. The van der Waals surface area contributed by atoms with Crippen LogP contribution in [0, 0.1) is 30.1 Å². The van der Waals surface area contributed by atoms with Crippen molar-refractivity contribution in [1.29, 1.82) is 0 Å². The van der Waals surface area contributed by atoms with E-state index in [0.717, 1.165) is 31.1 Å². The third-order valence-electron chi connectivity index (χ3n) is 3.55. The maximum Gasteiger partial charge on any atom is 0.0645 e. The zero-order chi connectivity index (χ0) is 8.13. The molecule has 1 saturated carbocycles. The van der Waals surface area contributed by atoms with Crippen LogP contribution in [0.1, 0.15) is 0 Å². The van der Waals surface area contributed by atoms with Crippen molar-refractivity contribution in [1.82, 2.24) is 4.90 Å². The number of ether oxygens (including phenoxy) is 1. The highest BCUT2D eigenvalue weighted by atomic mass is 16.5. The Morgan fingerprint density at radius 1 is 1.25 bits per heavy atom. The second-order valence-electron chi connectivity index (χ2n) is 4.17. The van der Waals surface area contributed by atoms with Crippen LogP contribution in [0.3, 0.4) is 0 Å². The summed E-state index contributed by atoms with van der Waals surface area (Å²) in [4.78, 5) is 2.55. The molecule has 0 aromatic heterocycles. The Hall–Kier alpha value is -0.520. The minimum Gasteiger partial charge on any atom is -0.378 e. The highest BCUT2D eigenvalue weighted by molar-refractivity contribution is 5.18. The number of nitrogens with zero attached hydrogens (tertiary/aromatic N) is 1. The highest BCUT2D eigenvalue weighted by Gasteiger charge is 2.56. The number of fused-ring (bicyclic) bond motifs is 1. The van der Waals surface area contributed by atoms with Crippen molar-refractivity contribution in [3.63, 3.8) is 0 Å². The lowest BCUT2D eigenvalue weighted by Crippen LogP contribution is -2.48. The fourth-order valence-electron chi connectivity index (χ4n) is 2.54. The van der Waals surface area contributed by atoms with Crippen LogP contribution in [0.5, 0.6) is 0 Å². The Balaban J connectivity index is 1.59. The molecule has 0 radical (unpaired) electrons. The van der Waals surface area contributed by atoms with Crippen LogP contribution in [-0.2, 0) is 4.74 Å². The molecule has 2 heterocycles. The van der Waals surface area contributed by atoms with Crippen LogP contribution in [0.15, 0.2) is 0 Å². The van der Waals surface area contributed by atoms with Gasteiger partial charge in [0, 0.05) is 19.0 Å². The van der Waals surface area contributed by atoms with E-state index in [1.54, 1.807) is 0 Å². The monoisotopic (exact) mass is 163 g/mol. The molecule has 0 aromatic rings. The lowest BCUT2D eigenvalue weighted by atomic mass is 10.2. The molecule has 12 heavy (non-hydrogen) atoms. The molecule has 0 aromatic carbocycles. The summed E-state index contributed by atoms with van der Waals surface area (Å²) in [6.45, 7) is 4.35. The van der Waals surface area contributed by atoms with E-state index < -0.39 is 0 Å². The Kier molecular flexibility index (Phi) is 1.30. The van der Waals surface area contributed by atoms with Crippen LogP contribution in [0.4, 0.5) is 0 Å². The molecule has 0 spiro atoms. The van der Waals surface area contributed by atoms with Crippen molar-refractivity contribution in [3.8, 4) is 12.3 Å². The van der Waals surface area contributed by atoms with Gasteiger partial charge in [-0.3, -0.25) is 4.90 Å². The number of terminal acetylenes is 1. The van der Waals surface area contributed by atoms with E-state index in [9.17, 15) is 0 Å². The van der Waals surface area contributed by atoms with E-state index in [0.29, 0.717) is 5.92 Å². The van der Waals surface area contributed by atoms with E-state index in [1.165, 1.54) is 13.1 Å². The number of rotatable bonds is 1. The number of hydrogen-bond acceptors (Lipinski definition) is 2. The van der Waals surface area contributed by atoms with Crippen molar-refractivity contribution in [2.75, 3.05) is 26.3 Å². The van der Waals surface area contributed by atoms with Gasteiger partial charge in [-0.15, -0.1) is 12.3 Å². The Morgan fingerprint density at radius 3 is 2.33 bits per heavy atom. The van der Waals surface area contributed by atoms with Gasteiger partial charge in [0.05, 0.1) is 19.3 Å². The minimum absolute atomic E-state index is 0.613. The summed E-state index contributed by atoms with van der Waals surface area (Å²) in [7, 11) is 0. The number of hydrogen-bond donors (Lipinski definition) is 0. The van der Waals surface area contributed by atoms with Crippen LogP contribution in [0.25, 0.3) is 0 Å². The number of piperidine rings is 1. The second kappa shape index (κ2) is 2.25. The van der Waals surface area contributed by atoms with Gasteiger partial charge >= 0.3 is 0 Å². The van der Waals surface area contributed by atoms with Crippen LogP contribution >= 0.6 is 0 Å². The molecule has 2 atom stereocenters. The SMILES string of the molecule is C#CC1C2CN(C3COC3)CC12. The van der Waals surface area contributed by atoms with Gasteiger partial charge in [0.2, 0.25) is 0 Å². The average molecular weight is 163 g/mol. The van der Waals surface area contributed by atoms with Crippen molar-refractivity contribution >= 4 is 0 Å². The first-order chi connectivity index (χ1) is 5.90. The van der Waals surface area contributed by atoms with Gasteiger partial charge in [0.25, 0.3) is 0 Å². The quantitative estimate of drug-likeness (QED) is 0.512. The maximum atomic E-state index is 5.40. The van der Waals surface area contributed by atoms with E-state index in [2.05, 4.69) is 10.8 Å². The number of likely N-dealkylation sites (tertiary alicyclic amines) is 1. The van der Waals surface area contributed by atoms with E-state index in [1.807, 2.05) is 0 Å². The summed E-state index contributed by atoms with van der Waals surface area (Å²) in [6.07, 6.45) is 5.40. The predicted octanol–water partition coefficient (Wildman–Crippen LogP) is 0.196. The molecule has 64 valence electrons. The zero-order valence-corrected chi connectivity index (χ0v) is 7.07. The summed E-state index contributed by atoms with van der Waals surface area (Å²) in [6, 6.07) is 0.719. The second-order valence-corrected chi connectivity index (χ2v) is 4.17. The molecule has 2 nitrogen and oxygen atoms in total. The Bertz CT molecular complexity index is 229. The van der Waals surface area contributed by atoms with Gasteiger partial charge in [-0.1, -0.05) is 0 Å². The van der Waals surface area contributed by atoms with E-state index in [4.69, 9.17) is 11.2 Å². The summed E-state index contributed by atoms with van der Waals surface area (Å²) in [5.41, 5.74) is 0. The minimum atomic E-state index is 0.613. The Morgan fingerprint density at radius 2 is 1.92 bits per heavy atom. The van der Waals surface area contributed by atoms with Crippen molar-refractivity contribution in [3.05, 3.63) is 0 Å². The highest BCUT2D eigenvalue weighted by Crippen LogP contribution is 2.51. The van der Waals surface area contributed by atoms with Gasteiger partial charge < -0.3 is 4.74 Å². The third-order valence-corrected chi connectivity index (χ3v) is 3.55. The molecule has 3 fully saturated rings. The smallest absolute Gasteiger partial charge is 0.0645 e. The largest absolute Gasteiger partial charge is 0.378 e. The lowest BCUT2D eigenvalue weighted by Gasteiger charge is -2.35. The van der Waals surface area contributed by atoms with E-state index >= 15 is 0 Å². The molecule has 0 amide bonds. The van der Waals surface area contributed by atoms with Gasteiger partial charge in [-0.2, -0.15) is 0 Å². The average Bonchev–Trinajstić information content (AvgIpc) is 2.42. The molecule has 2 saturated heterocycles. The molecule has 2 heteroatoms. The normalized spacial score (nSPS) is 46.4. The lowest BCUT2D eigenvalue weighted by molar-refractivity contribution is -0.0612. The summed E-state index contributed by atoms with van der Waals surface area (Å²) in [5, 5.41) is 0. The molecular weight excluding hydrogens is 150 g/mol. The van der Waals surface area contributed by atoms with Crippen molar-refractivity contribution in [2.45, 2.75) is 6.04 Å². The molecule has 3 rings (SSSR count). The van der Waals surface area contributed by atoms with Crippen LogP contribution in [-0.4, -0.2) is 37.2 Å². The van der Waals surface area contributed by atoms with Crippen molar-refractivity contribution in [2.24, 2.45) is 17.8 Å². The van der Waals surface area contributed by atoms with Gasteiger partial charge in [-0.25, -0.2) is 0 Å². The first kappa shape index (κ1) is 6.94. The van der Waals surface area contributed by atoms with Crippen LogP contribution < -0.4 is 0 Å². The third kappa shape index (κ3) is 0.784. The topological polar surface area (TPSA) is 12.5 Å². The summed E-state index contributed by atoms with van der Waals surface area (Å²) in [5.74, 6) is 5.15. The molecular formula is C10H13NO. The molecule has 2 aliphatic heterocycles. The van der Waals surface area contributed by atoms with Crippen molar-refractivity contribution < 1.29 is 4.74 Å². The molecule has 2 unspecified atom stereocenters. The summed E-state index contributed by atoms with van der Waals surface area (Å²) >= 11 is 0. The molecule has 3 aliphatic rings. The fraction of sp³-hybridized carbons (Fsp3) is 0.800. The first-order valence-electron chi connectivity index (χ1n) is 4.68. The standard InChI is InChI=1S/C10H13NO/c1-2-8-9-3-11(4-10(8)9)7-5-12-6-7/h1,7-10H,3-6H2. The first-order valence-corrected chi connectivity index (χ1v) is 4.68. The van der Waals surface area contributed by atoms with Gasteiger partial charge in [-0.05, 0) is 11.8 Å². The predicted molar refractivity (Wildman–Crippen MR) is 45.5 cm³/mol. The molecule has 0 N–H and O–H groups in total. The van der Waals surface area contributed by atoms with Crippen LogP contribution in [0.2, 0.25) is 0 Å². The molecule has 0 bridgehead atoms. The maximum absolute atomic E-state index is 5.40.